The molecule has 1 aromatic rings. The molecule has 0 saturated heterocycles. The van der Waals surface area contributed by atoms with E-state index < -0.39 is 10.0 Å². The number of unbranched alkanes of at least 4 members (excludes halogenated alkanes) is 2. The minimum Gasteiger partial charge on any atom is -0.309 e. The molecule has 1 saturated carbocycles. The van der Waals surface area contributed by atoms with Crippen LogP contribution in [-0.2, 0) is 21.2 Å². The molecule has 1 heterocycles. The molecule has 156 valence electrons. The second kappa shape index (κ2) is 8.95. The van der Waals surface area contributed by atoms with Gasteiger partial charge in [0, 0.05) is 30.7 Å². The molecule has 2 aliphatic rings. The highest BCUT2D eigenvalue weighted by Crippen LogP contribution is 2.38. The predicted molar refractivity (Wildman–Crippen MR) is 113 cm³/mol. The van der Waals surface area contributed by atoms with Crippen LogP contribution in [0.5, 0.6) is 0 Å². The fraction of sp³-hybridized carbons (Fsp3) is 0.682. The monoisotopic (exact) mass is 406 g/mol. The number of rotatable bonds is 9. The van der Waals surface area contributed by atoms with Crippen LogP contribution in [0, 0.1) is 5.92 Å². The van der Waals surface area contributed by atoms with Gasteiger partial charge in [-0.2, -0.15) is 4.31 Å². The Hall–Kier alpha value is -1.40. The highest BCUT2D eigenvalue weighted by Gasteiger charge is 2.37. The van der Waals surface area contributed by atoms with Crippen molar-refractivity contribution >= 4 is 21.6 Å². The van der Waals surface area contributed by atoms with Crippen molar-refractivity contribution < 1.29 is 13.2 Å². The fourth-order valence-electron chi connectivity index (χ4n) is 4.13. The quantitative estimate of drug-likeness (QED) is 0.612. The summed E-state index contributed by atoms with van der Waals surface area (Å²) in [7, 11) is -3.50. The maximum atomic E-state index is 13.2. The van der Waals surface area contributed by atoms with E-state index in [1.165, 1.54) is 0 Å². The summed E-state index contributed by atoms with van der Waals surface area (Å²) in [5.74, 6) is 0.357. The molecule has 28 heavy (non-hydrogen) atoms. The first kappa shape index (κ1) is 21.3. The van der Waals surface area contributed by atoms with Crippen LogP contribution in [0.2, 0.25) is 0 Å². The molecule has 1 aliphatic heterocycles. The van der Waals surface area contributed by atoms with Crippen molar-refractivity contribution in [2.45, 2.75) is 83.1 Å². The number of fused-ring (bicyclic) bond motifs is 1. The highest BCUT2D eigenvalue weighted by molar-refractivity contribution is 7.89. The molecule has 0 spiro atoms. The van der Waals surface area contributed by atoms with Gasteiger partial charge in [0.1, 0.15) is 0 Å². The summed E-state index contributed by atoms with van der Waals surface area (Å²) in [6.07, 6.45) is 7.50. The summed E-state index contributed by atoms with van der Waals surface area (Å²) in [6, 6.07) is 5.44. The molecule has 6 heteroatoms. The molecule has 1 unspecified atom stereocenters. The first-order chi connectivity index (χ1) is 13.4. The van der Waals surface area contributed by atoms with E-state index in [4.69, 9.17) is 0 Å². The minimum atomic E-state index is -3.50. The van der Waals surface area contributed by atoms with Crippen LogP contribution in [0.1, 0.15) is 71.3 Å². The summed E-state index contributed by atoms with van der Waals surface area (Å²) < 4.78 is 28.1. The lowest BCUT2D eigenvalue weighted by atomic mass is 9.84. The van der Waals surface area contributed by atoms with Gasteiger partial charge in [-0.15, -0.1) is 0 Å². The SMILES string of the molecule is CCCCN(CCCC)S(=O)(=O)c1ccc2c(c1)CC(C)N2C(=O)C1CCC1. The second-order valence-corrected chi connectivity index (χ2v) is 10.2. The standard InChI is InChI=1S/C22H34N2O3S/c1-4-6-13-23(14-7-5-2)28(26,27)20-11-12-21-19(16-20)15-17(3)24(21)22(25)18-9-8-10-18/h11-12,16-18H,4-10,13-15H2,1-3H3. The topological polar surface area (TPSA) is 57.7 Å². The average Bonchev–Trinajstić information content (AvgIpc) is 2.94. The van der Waals surface area contributed by atoms with Crippen LogP contribution in [-0.4, -0.2) is 37.8 Å². The van der Waals surface area contributed by atoms with Gasteiger partial charge in [0.2, 0.25) is 15.9 Å². The van der Waals surface area contributed by atoms with Crippen LogP contribution in [0.15, 0.2) is 23.1 Å². The van der Waals surface area contributed by atoms with Gasteiger partial charge in [-0.05, 0) is 62.8 Å². The van der Waals surface area contributed by atoms with E-state index in [1.807, 2.05) is 11.0 Å². The number of nitrogens with zero attached hydrogens (tertiary/aromatic N) is 2. The molecule has 0 N–H and O–H groups in total. The largest absolute Gasteiger partial charge is 0.309 e. The third-order valence-electron chi connectivity index (χ3n) is 6.12. The predicted octanol–water partition coefficient (Wildman–Crippen LogP) is 4.36. The second-order valence-electron chi connectivity index (χ2n) is 8.29. The van der Waals surface area contributed by atoms with Crippen molar-refractivity contribution in [3.8, 4) is 0 Å². The fourth-order valence-corrected chi connectivity index (χ4v) is 5.69. The molecule has 1 fully saturated rings. The number of carbonyl (C=O) groups excluding carboxylic acids is 1. The van der Waals surface area contributed by atoms with Crippen molar-refractivity contribution in [2.75, 3.05) is 18.0 Å². The van der Waals surface area contributed by atoms with Crippen LogP contribution < -0.4 is 4.90 Å². The molecule has 0 bridgehead atoms. The van der Waals surface area contributed by atoms with Crippen LogP contribution in [0.25, 0.3) is 0 Å². The third kappa shape index (κ3) is 4.13. The lowest BCUT2D eigenvalue weighted by molar-refractivity contribution is -0.125. The van der Waals surface area contributed by atoms with Gasteiger partial charge < -0.3 is 4.90 Å². The summed E-state index contributed by atoms with van der Waals surface area (Å²) in [5, 5.41) is 0. The third-order valence-corrected chi connectivity index (χ3v) is 8.01. The molecular formula is C22H34N2O3S. The Morgan fingerprint density at radius 2 is 1.79 bits per heavy atom. The molecule has 1 aromatic carbocycles. The smallest absolute Gasteiger partial charge is 0.243 e. The van der Waals surface area contributed by atoms with Gasteiger partial charge in [-0.3, -0.25) is 4.79 Å². The van der Waals surface area contributed by atoms with Gasteiger partial charge in [0.05, 0.1) is 4.90 Å². The Morgan fingerprint density at radius 1 is 1.14 bits per heavy atom. The van der Waals surface area contributed by atoms with E-state index in [1.54, 1.807) is 16.4 Å². The summed E-state index contributed by atoms with van der Waals surface area (Å²) in [4.78, 5) is 15.1. The number of carbonyl (C=O) groups is 1. The van der Waals surface area contributed by atoms with Crippen LogP contribution >= 0.6 is 0 Å². The number of amides is 1. The summed E-state index contributed by atoms with van der Waals surface area (Å²) in [5.41, 5.74) is 1.88. The number of sulfonamides is 1. The Bertz CT molecular complexity index is 794. The number of hydrogen-bond acceptors (Lipinski definition) is 3. The maximum absolute atomic E-state index is 13.2. The average molecular weight is 407 g/mol. The van der Waals surface area contributed by atoms with Crippen molar-refractivity contribution in [3.63, 3.8) is 0 Å². The lowest BCUT2D eigenvalue weighted by Gasteiger charge is -2.32. The first-order valence-electron chi connectivity index (χ1n) is 10.9. The molecule has 1 atom stereocenters. The van der Waals surface area contributed by atoms with E-state index in [-0.39, 0.29) is 17.9 Å². The van der Waals surface area contributed by atoms with Crippen molar-refractivity contribution in [1.82, 2.24) is 4.31 Å². The molecule has 1 amide bonds. The van der Waals surface area contributed by atoms with Crippen molar-refractivity contribution in [2.24, 2.45) is 5.92 Å². The Labute approximate surface area is 170 Å². The van der Waals surface area contributed by atoms with E-state index in [0.717, 1.165) is 62.6 Å². The van der Waals surface area contributed by atoms with Crippen molar-refractivity contribution in [1.29, 1.82) is 0 Å². The van der Waals surface area contributed by atoms with E-state index in [2.05, 4.69) is 20.8 Å². The summed E-state index contributed by atoms with van der Waals surface area (Å²) >= 11 is 0. The Balaban J connectivity index is 1.85. The maximum Gasteiger partial charge on any atom is 0.243 e. The summed E-state index contributed by atoms with van der Waals surface area (Å²) in [6.45, 7) is 7.35. The van der Waals surface area contributed by atoms with Gasteiger partial charge in [0.15, 0.2) is 0 Å². The molecule has 0 radical (unpaired) electrons. The minimum absolute atomic E-state index is 0.0948. The zero-order valence-electron chi connectivity index (χ0n) is 17.5. The van der Waals surface area contributed by atoms with Gasteiger partial charge in [-0.25, -0.2) is 8.42 Å². The van der Waals surface area contributed by atoms with Gasteiger partial charge in [0.25, 0.3) is 0 Å². The van der Waals surface area contributed by atoms with Gasteiger partial charge >= 0.3 is 0 Å². The van der Waals surface area contributed by atoms with E-state index in [9.17, 15) is 13.2 Å². The first-order valence-corrected chi connectivity index (χ1v) is 12.3. The van der Waals surface area contributed by atoms with Crippen LogP contribution in [0.3, 0.4) is 0 Å². The molecule has 0 aromatic heterocycles. The lowest BCUT2D eigenvalue weighted by Crippen LogP contribution is -2.42. The Kier molecular flexibility index (Phi) is 6.81. The zero-order valence-corrected chi connectivity index (χ0v) is 18.3. The highest BCUT2D eigenvalue weighted by atomic mass is 32.2. The molecular weight excluding hydrogens is 372 g/mol. The van der Waals surface area contributed by atoms with E-state index >= 15 is 0 Å². The number of hydrogen-bond donors (Lipinski definition) is 0. The number of benzene rings is 1. The van der Waals surface area contributed by atoms with Gasteiger partial charge in [-0.1, -0.05) is 33.1 Å². The number of anilines is 1. The molecule has 1 aliphatic carbocycles. The van der Waals surface area contributed by atoms with Crippen molar-refractivity contribution in [3.05, 3.63) is 23.8 Å². The molecule has 5 nitrogen and oxygen atoms in total. The normalized spacial score (nSPS) is 19.7. The zero-order chi connectivity index (χ0) is 20.3. The Morgan fingerprint density at radius 3 is 2.32 bits per heavy atom. The van der Waals surface area contributed by atoms with Crippen LogP contribution in [0.4, 0.5) is 5.69 Å². The molecule has 3 rings (SSSR count). The van der Waals surface area contributed by atoms with E-state index in [0.29, 0.717) is 18.0 Å².